The van der Waals surface area contributed by atoms with Crippen LogP contribution < -0.4 is 42.8 Å². The third-order valence-electron chi connectivity index (χ3n) is 5.29. The van der Waals surface area contributed by atoms with Gasteiger partial charge in [0.25, 0.3) is 0 Å². The Hall–Kier alpha value is -3.60. The topological polar surface area (TPSA) is 136 Å². The number of rotatable bonds is 6. The van der Waals surface area contributed by atoms with Gasteiger partial charge in [0, 0.05) is 11.1 Å². The molecule has 1 heterocycles. The van der Waals surface area contributed by atoms with Gasteiger partial charge in [0.05, 0.1) is 32.8 Å². The summed E-state index contributed by atoms with van der Waals surface area (Å²) in [6.45, 7) is 0.766. The normalized spacial score (nSPS) is 11.9. The van der Waals surface area contributed by atoms with E-state index in [0.29, 0.717) is 11.5 Å². The fourth-order valence-corrected chi connectivity index (χ4v) is 3.67. The average Bonchev–Trinajstić information content (AvgIpc) is 2.86. The second-order valence-corrected chi connectivity index (χ2v) is 8.40. The molecule has 4 aromatic rings. The van der Waals surface area contributed by atoms with Crippen molar-refractivity contribution >= 4 is 11.0 Å². The van der Waals surface area contributed by atoms with Crippen molar-refractivity contribution in [2.75, 3.05) is 28.4 Å². The Bertz CT molecular complexity index is 1370. The maximum Gasteiger partial charge on any atom is 0.214 e. The molecule has 0 atom stereocenters. The number of hydrogen-bond donors (Lipinski definition) is 0. The van der Waals surface area contributed by atoms with Crippen molar-refractivity contribution in [3.8, 4) is 28.6 Å². The zero-order valence-corrected chi connectivity index (χ0v) is 21.0. The monoisotopic (exact) mass is 515 g/mol. The minimum atomic E-state index is -4.94. The van der Waals surface area contributed by atoms with Gasteiger partial charge >= 0.3 is 0 Å². The Balaban J connectivity index is 0.000000658. The lowest BCUT2D eigenvalue weighted by molar-refractivity contribution is -2.00. The van der Waals surface area contributed by atoms with Crippen molar-refractivity contribution in [1.29, 1.82) is 0 Å². The molecule has 10 heteroatoms. The van der Waals surface area contributed by atoms with Crippen molar-refractivity contribution in [3.63, 3.8) is 0 Å². The number of nitrogens with zero attached hydrogens (tertiary/aromatic N) is 1. The van der Waals surface area contributed by atoms with Gasteiger partial charge in [-0.05, 0) is 36.4 Å². The SMILES string of the molecule is COc1ccc2oc(-c3ccc(OC)c(OC)c3)cc(=[N+](C)Cc3ccccc3)c2c1.[O-][Cl+3]([O-])([O-])[O-]. The smallest absolute Gasteiger partial charge is 0.214 e. The summed E-state index contributed by atoms with van der Waals surface area (Å²) in [6, 6.07) is 24.1. The third kappa shape index (κ3) is 7.20. The first-order valence-electron chi connectivity index (χ1n) is 10.7. The largest absolute Gasteiger partial charge is 0.497 e. The van der Waals surface area contributed by atoms with Crippen molar-refractivity contribution in [2.45, 2.75) is 6.54 Å². The van der Waals surface area contributed by atoms with Crippen LogP contribution in [0.5, 0.6) is 17.2 Å². The third-order valence-corrected chi connectivity index (χ3v) is 5.29. The molecule has 0 N–H and O–H groups in total. The fraction of sp³-hybridized carbons (Fsp3) is 0.192. The zero-order valence-electron chi connectivity index (χ0n) is 20.2. The number of hydrogen-bond acceptors (Lipinski definition) is 8. The van der Waals surface area contributed by atoms with E-state index in [1.165, 1.54) is 5.56 Å². The van der Waals surface area contributed by atoms with E-state index in [1.807, 2.05) is 42.5 Å². The van der Waals surface area contributed by atoms with Crippen LogP contribution in [-0.4, -0.2) is 28.4 Å². The van der Waals surface area contributed by atoms with E-state index in [1.54, 1.807) is 21.3 Å². The minimum Gasteiger partial charge on any atom is -0.497 e. The molecule has 0 aliphatic rings. The van der Waals surface area contributed by atoms with E-state index < -0.39 is 10.2 Å². The first kappa shape index (κ1) is 27.0. The second kappa shape index (κ2) is 11.9. The second-order valence-electron chi connectivity index (χ2n) is 7.65. The molecule has 0 fully saturated rings. The Morgan fingerprint density at radius 3 is 2.06 bits per heavy atom. The standard InChI is InChI=1S/C26H26NO4.ClHO4/c1-27(17-18-8-6-5-7-9-18)22-16-25(19-10-12-24(29-3)26(14-19)30-4)31-23-13-11-20(28-2)15-21(22)23;2-1(3,4)5/h5-16H,17H2,1-4H3;(H,2,3,4,5)/q+1;/p-1. The number of methoxy groups -OCH3 is 3. The lowest BCUT2D eigenvalue weighted by Crippen LogP contribution is -2.68. The molecule has 4 rings (SSSR count). The maximum absolute atomic E-state index is 8.49. The molecule has 36 heavy (non-hydrogen) atoms. The molecule has 0 aliphatic carbocycles. The van der Waals surface area contributed by atoms with Gasteiger partial charge in [-0.3, -0.25) is 0 Å². The summed E-state index contributed by atoms with van der Waals surface area (Å²) < 4.78 is 58.8. The van der Waals surface area contributed by atoms with Crippen LogP contribution in [0.4, 0.5) is 0 Å². The highest BCUT2D eigenvalue weighted by Crippen LogP contribution is 2.33. The van der Waals surface area contributed by atoms with Gasteiger partial charge in [-0.25, -0.2) is 23.2 Å². The van der Waals surface area contributed by atoms with E-state index in [2.05, 4.69) is 42.0 Å². The van der Waals surface area contributed by atoms with Crippen LogP contribution in [-0.2, 0) is 6.54 Å². The van der Waals surface area contributed by atoms with Crippen LogP contribution >= 0.6 is 0 Å². The lowest BCUT2D eigenvalue weighted by atomic mass is 10.1. The summed E-state index contributed by atoms with van der Waals surface area (Å²) in [5.41, 5.74) is 2.92. The molecular formula is C26H26ClNO8. The average molecular weight is 516 g/mol. The van der Waals surface area contributed by atoms with Gasteiger partial charge in [0.15, 0.2) is 18.0 Å². The van der Waals surface area contributed by atoms with Crippen molar-refractivity contribution < 1.29 is 47.5 Å². The summed E-state index contributed by atoms with van der Waals surface area (Å²) in [6.07, 6.45) is 0. The molecular weight excluding hydrogens is 490 g/mol. The molecule has 1 aromatic heterocycles. The highest BCUT2D eigenvalue weighted by atomic mass is 35.7. The number of fused-ring (bicyclic) bond motifs is 1. The lowest BCUT2D eigenvalue weighted by Gasteiger charge is -2.17. The molecule has 0 unspecified atom stereocenters. The van der Waals surface area contributed by atoms with E-state index in [-0.39, 0.29) is 0 Å². The van der Waals surface area contributed by atoms with Crippen LogP contribution in [0.1, 0.15) is 5.56 Å². The van der Waals surface area contributed by atoms with E-state index in [9.17, 15) is 0 Å². The highest BCUT2D eigenvalue weighted by Gasteiger charge is 2.14. The quantitative estimate of drug-likeness (QED) is 0.327. The van der Waals surface area contributed by atoms with Crippen LogP contribution in [0.2, 0.25) is 0 Å². The van der Waals surface area contributed by atoms with Gasteiger partial charge in [0.1, 0.15) is 24.1 Å². The molecule has 0 aliphatic heterocycles. The molecule has 0 saturated carbocycles. The minimum absolute atomic E-state index is 0.657. The van der Waals surface area contributed by atoms with Crippen molar-refractivity contribution in [1.82, 2.24) is 4.58 Å². The molecule has 0 saturated heterocycles. The highest BCUT2D eigenvalue weighted by molar-refractivity contribution is 5.80. The number of halogens is 1. The molecule has 0 radical (unpaired) electrons. The molecule has 9 nitrogen and oxygen atoms in total. The van der Waals surface area contributed by atoms with Crippen LogP contribution in [0, 0.1) is 10.2 Å². The molecule has 0 amide bonds. The Kier molecular flexibility index (Phi) is 8.92. The van der Waals surface area contributed by atoms with Gasteiger partial charge < -0.3 is 18.6 Å². The molecule has 3 aromatic carbocycles. The maximum atomic E-state index is 8.49. The van der Waals surface area contributed by atoms with Crippen molar-refractivity contribution in [3.05, 3.63) is 83.7 Å². The molecule has 0 bridgehead atoms. The predicted molar refractivity (Wildman–Crippen MR) is 123 cm³/mol. The van der Waals surface area contributed by atoms with E-state index in [0.717, 1.165) is 39.9 Å². The predicted octanol–water partition coefficient (Wildman–Crippen LogP) is -0.0282. The van der Waals surface area contributed by atoms with E-state index in [4.69, 9.17) is 37.3 Å². The summed E-state index contributed by atoms with van der Waals surface area (Å²) in [5, 5.41) is 2.04. The Labute approximate surface area is 210 Å². The molecule has 190 valence electrons. The summed E-state index contributed by atoms with van der Waals surface area (Å²) in [4.78, 5) is 0. The molecule has 0 spiro atoms. The zero-order chi connectivity index (χ0) is 26.3. The first-order valence-corrected chi connectivity index (χ1v) is 11.9. The summed E-state index contributed by atoms with van der Waals surface area (Å²) in [5.74, 6) is 2.87. The number of ether oxygens (including phenoxy) is 3. The van der Waals surface area contributed by atoms with Gasteiger partial charge in [-0.15, -0.1) is 10.2 Å². The van der Waals surface area contributed by atoms with Crippen LogP contribution in [0.15, 0.2) is 77.2 Å². The Morgan fingerprint density at radius 1 is 0.778 bits per heavy atom. The Morgan fingerprint density at radius 2 is 1.44 bits per heavy atom. The van der Waals surface area contributed by atoms with Crippen LogP contribution in [0.25, 0.3) is 22.3 Å². The first-order chi connectivity index (χ1) is 17.1. The van der Waals surface area contributed by atoms with Gasteiger partial charge in [-0.1, -0.05) is 30.3 Å². The van der Waals surface area contributed by atoms with E-state index >= 15 is 0 Å². The fourth-order valence-electron chi connectivity index (χ4n) is 3.67. The van der Waals surface area contributed by atoms with Gasteiger partial charge in [-0.2, -0.15) is 0 Å². The van der Waals surface area contributed by atoms with Gasteiger partial charge in [0.2, 0.25) is 5.36 Å². The number of benzene rings is 3. The summed E-state index contributed by atoms with van der Waals surface area (Å²) >= 11 is 0. The van der Waals surface area contributed by atoms with Crippen LogP contribution in [0.3, 0.4) is 0 Å². The van der Waals surface area contributed by atoms with Crippen molar-refractivity contribution in [2.24, 2.45) is 0 Å². The summed E-state index contributed by atoms with van der Waals surface area (Å²) in [7, 11) is 2.07.